The van der Waals surface area contributed by atoms with Crippen molar-refractivity contribution in [3.8, 4) is 5.75 Å². The lowest BCUT2D eigenvalue weighted by Gasteiger charge is -2.12. The molecule has 0 spiro atoms. The summed E-state index contributed by atoms with van der Waals surface area (Å²) in [6.45, 7) is 3.26. The first-order valence-electron chi connectivity index (χ1n) is 7.80. The van der Waals surface area contributed by atoms with Gasteiger partial charge in [0.2, 0.25) is 0 Å². The summed E-state index contributed by atoms with van der Waals surface area (Å²) < 4.78 is 31.6. The van der Waals surface area contributed by atoms with Gasteiger partial charge in [-0.05, 0) is 55.7 Å². The van der Waals surface area contributed by atoms with E-state index in [0.717, 1.165) is 36.3 Å². The molecule has 2 aromatic rings. The van der Waals surface area contributed by atoms with Crippen molar-refractivity contribution in [2.75, 3.05) is 18.5 Å². The molecule has 0 aliphatic rings. The number of ether oxygens (including phenoxy) is 1. The van der Waals surface area contributed by atoms with E-state index in [-0.39, 0.29) is 0 Å². The minimum Gasteiger partial charge on any atom is -0.494 e. The van der Waals surface area contributed by atoms with E-state index in [2.05, 4.69) is 10.6 Å². The number of hydrogen-bond acceptors (Lipinski definition) is 2. The molecule has 0 aliphatic carbocycles. The van der Waals surface area contributed by atoms with Crippen molar-refractivity contribution in [3.05, 3.63) is 59.7 Å². The standard InChI is InChI=1S/C18H20F2N2OS/c1-2-23-17-8-4-3-6-13(17)7-5-11-21-18(24)22-14-9-10-15(19)16(20)12-14/h3-4,6,8-10,12H,2,5,7,11H2,1H3,(H2,21,22,24). The molecule has 0 aromatic heterocycles. The molecule has 0 fully saturated rings. The Bertz CT molecular complexity index is 694. The van der Waals surface area contributed by atoms with Crippen molar-refractivity contribution in [2.24, 2.45) is 0 Å². The number of anilines is 1. The van der Waals surface area contributed by atoms with Gasteiger partial charge in [0, 0.05) is 18.3 Å². The average molecular weight is 350 g/mol. The van der Waals surface area contributed by atoms with Crippen molar-refractivity contribution < 1.29 is 13.5 Å². The number of thiocarbonyl (C=S) groups is 1. The lowest BCUT2D eigenvalue weighted by molar-refractivity contribution is 0.336. The third-order valence-corrected chi connectivity index (χ3v) is 3.60. The highest BCUT2D eigenvalue weighted by Crippen LogP contribution is 2.19. The van der Waals surface area contributed by atoms with Crippen LogP contribution in [0.1, 0.15) is 18.9 Å². The zero-order valence-corrected chi connectivity index (χ0v) is 14.3. The Labute approximate surface area is 146 Å². The predicted molar refractivity (Wildman–Crippen MR) is 96.5 cm³/mol. The second-order valence-electron chi connectivity index (χ2n) is 5.15. The van der Waals surface area contributed by atoms with Crippen LogP contribution in [0, 0.1) is 11.6 Å². The van der Waals surface area contributed by atoms with Gasteiger partial charge in [0.15, 0.2) is 16.7 Å². The maximum absolute atomic E-state index is 13.1. The highest BCUT2D eigenvalue weighted by Gasteiger charge is 2.05. The SMILES string of the molecule is CCOc1ccccc1CCCNC(=S)Nc1ccc(F)c(F)c1. The molecule has 0 amide bonds. The fraction of sp³-hybridized carbons (Fsp3) is 0.278. The Kier molecular flexibility index (Phi) is 6.93. The van der Waals surface area contributed by atoms with E-state index in [1.165, 1.54) is 6.07 Å². The molecule has 6 heteroatoms. The minimum absolute atomic E-state index is 0.374. The molecular formula is C18H20F2N2OS. The summed E-state index contributed by atoms with van der Waals surface area (Å²) in [5.41, 5.74) is 1.56. The third kappa shape index (κ3) is 5.45. The van der Waals surface area contributed by atoms with Crippen molar-refractivity contribution in [1.82, 2.24) is 5.32 Å². The van der Waals surface area contributed by atoms with Gasteiger partial charge in [-0.2, -0.15) is 0 Å². The Morgan fingerprint density at radius 3 is 2.67 bits per heavy atom. The summed E-state index contributed by atoms with van der Waals surface area (Å²) in [7, 11) is 0. The molecule has 0 aliphatic heterocycles. The Morgan fingerprint density at radius 1 is 1.12 bits per heavy atom. The summed E-state index contributed by atoms with van der Waals surface area (Å²) >= 11 is 5.15. The van der Waals surface area contributed by atoms with Crippen LogP contribution in [0.25, 0.3) is 0 Å². The van der Waals surface area contributed by atoms with E-state index in [0.29, 0.717) is 24.0 Å². The van der Waals surface area contributed by atoms with Crippen molar-refractivity contribution in [3.63, 3.8) is 0 Å². The summed E-state index contributed by atoms with van der Waals surface area (Å²) in [6, 6.07) is 11.5. The van der Waals surface area contributed by atoms with Gasteiger partial charge in [0.05, 0.1) is 6.61 Å². The van der Waals surface area contributed by atoms with Crippen LogP contribution in [0.3, 0.4) is 0 Å². The molecule has 0 heterocycles. The van der Waals surface area contributed by atoms with Gasteiger partial charge >= 0.3 is 0 Å². The molecule has 24 heavy (non-hydrogen) atoms. The lowest BCUT2D eigenvalue weighted by Crippen LogP contribution is -2.29. The Morgan fingerprint density at radius 2 is 1.92 bits per heavy atom. The van der Waals surface area contributed by atoms with Gasteiger partial charge in [-0.15, -0.1) is 0 Å². The minimum atomic E-state index is -0.907. The summed E-state index contributed by atoms with van der Waals surface area (Å²) in [5, 5.41) is 6.25. The third-order valence-electron chi connectivity index (χ3n) is 3.36. The maximum atomic E-state index is 13.1. The van der Waals surface area contributed by atoms with Gasteiger partial charge < -0.3 is 15.4 Å². The predicted octanol–water partition coefficient (Wildman–Crippen LogP) is 4.28. The zero-order valence-electron chi connectivity index (χ0n) is 13.4. The van der Waals surface area contributed by atoms with Crippen LogP contribution in [0.5, 0.6) is 5.75 Å². The van der Waals surface area contributed by atoms with Crippen LogP contribution in [0.15, 0.2) is 42.5 Å². The number of nitrogens with one attached hydrogen (secondary N) is 2. The number of halogens is 2. The molecule has 2 rings (SSSR count). The highest BCUT2D eigenvalue weighted by atomic mass is 32.1. The average Bonchev–Trinajstić information content (AvgIpc) is 2.57. The molecule has 0 bridgehead atoms. The van der Waals surface area contributed by atoms with Crippen molar-refractivity contribution in [2.45, 2.75) is 19.8 Å². The molecule has 0 radical (unpaired) electrons. The van der Waals surface area contributed by atoms with Crippen LogP contribution < -0.4 is 15.4 Å². The van der Waals surface area contributed by atoms with Gasteiger partial charge in [0.25, 0.3) is 0 Å². The molecule has 3 nitrogen and oxygen atoms in total. The number of aryl methyl sites for hydroxylation is 1. The zero-order chi connectivity index (χ0) is 17.4. The Hall–Kier alpha value is -2.21. The second-order valence-corrected chi connectivity index (χ2v) is 5.56. The number of rotatable bonds is 7. The van der Waals surface area contributed by atoms with Gasteiger partial charge in [0.1, 0.15) is 5.75 Å². The molecule has 128 valence electrons. The monoisotopic (exact) mass is 350 g/mol. The van der Waals surface area contributed by atoms with Crippen LogP contribution in [0.2, 0.25) is 0 Å². The molecule has 0 saturated carbocycles. The topological polar surface area (TPSA) is 33.3 Å². The number of hydrogen-bond donors (Lipinski definition) is 2. The normalized spacial score (nSPS) is 10.3. The van der Waals surface area contributed by atoms with Crippen LogP contribution in [-0.2, 0) is 6.42 Å². The fourth-order valence-corrected chi connectivity index (χ4v) is 2.46. The molecule has 0 saturated heterocycles. The summed E-state index contributed by atoms with van der Waals surface area (Å²) in [6.07, 6.45) is 1.72. The first kappa shape index (κ1) is 18.1. The van der Waals surface area contributed by atoms with E-state index in [1.807, 2.05) is 31.2 Å². The largest absolute Gasteiger partial charge is 0.494 e. The van der Waals surface area contributed by atoms with E-state index in [4.69, 9.17) is 17.0 Å². The number of para-hydroxylation sites is 1. The van der Waals surface area contributed by atoms with Gasteiger partial charge in [-0.25, -0.2) is 8.78 Å². The van der Waals surface area contributed by atoms with Gasteiger partial charge in [-0.1, -0.05) is 18.2 Å². The first-order chi connectivity index (χ1) is 11.6. The molecular weight excluding hydrogens is 330 g/mol. The lowest BCUT2D eigenvalue weighted by atomic mass is 10.1. The van der Waals surface area contributed by atoms with Crippen molar-refractivity contribution in [1.29, 1.82) is 0 Å². The van der Waals surface area contributed by atoms with E-state index in [9.17, 15) is 8.78 Å². The van der Waals surface area contributed by atoms with Crippen LogP contribution >= 0.6 is 12.2 Å². The molecule has 0 atom stereocenters. The first-order valence-corrected chi connectivity index (χ1v) is 8.21. The fourth-order valence-electron chi connectivity index (χ4n) is 2.24. The smallest absolute Gasteiger partial charge is 0.170 e. The second kappa shape index (κ2) is 9.17. The summed E-state index contributed by atoms with van der Waals surface area (Å²) in [4.78, 5) is 0. The summed E-state index contributed by atoms with van der Waals surface area (Å²) in [5.74, 6) is -0.884. The molecule has 2 aromatic carbocycles. The van der Waals surface area contributed by atoms with Crippen LogP contribution in [-0.4, -0.2) is 18.3 Å². The van der Waals surface area contributed by atoms with E-state index < -0.39 is 11.6 Å². The number of benzene rings is 2. The molecule has 0 unspecified atom stereocenters. The van der Waals surface area contributed by atoms with E-state index >= 15 is 0 Å². The Balaban J connectivity index is 1.76. The molecule has 2 N–H and O–H groups in total. The van der Waals surface area contributed by atoms with Crippen molar-refractivity contribution >= 4 is 23.0 Å². The van der Waals surface area contributed by atoms with E-state index in [1.54, 1.807) is 0 Å². The highest BCUT2D eigenvalue weighted by molar-refractivity contribution is 7.80. The maximum Gasteiger partial charge on any atom is 0.170 e. The van der Waals surface area contributed by atoms with Gasteiger partial charge in [-0.3, -0.25) is 0 Å². The quantitative estimate of drug-likeness (QED) is 0.577. The van der Waals surface area contributed by atoms with Crippen LogP contribution in [0.4, 0.5) is 14.5 Å².